The summed E-state index contributed by atoms with van der Waals surface area (Å²) in [5.41, 5.74) is 0.614. The van der Waals surface area contributed by atoms with Gasteiger partial charge in [0.2, 0.25) is 0 Å². The van der Waals surface area contributed by atoms with Crippen LogP contribution in [0.15, 0.2) is 76.1 Å². The molecule has 0 bridgehead atoms. The molecule has 2 N–H and O–H groups in total. The second-order valence-corrected chi connectivity index (χ2v) is 8.54. The summed E-state index contributed by atoms with van der Waals surface area (Å²) in [6.07, 6.45) is 0. The summed E-state index contributed by atoms with van der Waals surface area (Å²) in [5.74, 6) is -0.893. The molecule has 0 unspecified atom stereocenters. The van der Waals surface area contributed by atoms with Crippen LogP contribution in [0.25, 0.3) is 0 Å². The van der Waals surface area contributed by atoms with Crippen molar-refractivity contribution in [1.29, 1.82) is 0 Å². The van der Waals surface area contributed by atoms with Gasteiger partial charge in [0.05, 0.1) is 17.7 Å². The molecule has 3 aromatic carbocycles. The van der Waals surface area contributed by atoms with Crippen LogP contribution in [0.3, 0.4) is 0 Å². The molecular formula is C20H16BrFN2O4S. The molecule has 0 aliphatic heterocycles. The fraction of sp³-hybridized carbons (Fsp3) is 0.0500. The van der Waals surface area contributed by atoms with Gasteiger partial charge in [0.15, 0.2) is 0 Å². The molecule has 3 aromatic rings. The molecule has 3 rings (SSSR count). The van der Waals surface area contributed by atoms with Gasteiger partial charge in [0, 0.05) is 15.7 Å². The Bertz CT molecular complexity index is 1150. The number of benzene rings is 3. The first-order chi connectivity index (χ1) is 13.8. The summed E-state index contributed by atoms with van der Waals surface area (Å²) in [6, 6.07) is 15.8. The van der Waals surface area contributed by atoms with Gasteiger partial charge in [0.1, 0.15) is 11.6 Å². The summed E-state index contributed by atoms with van der Waals surface area (Å²) in [7, 11) is -2.52. The van der Waals surface area contributed by atoms with Crippen LogP contribution >= 0.6 is 15.9 Å². The van der Waals surface area contributed by atoms with Crippen molar-refractivity contribution in [3.8, 4) is 5.75 Å². The van der Waals surface area contributed by atoms with Crippen molar-refractivity contribution in [3.05, 3.63) is 82.6 Å². The molecule has 0 fully saturated rings. The number of ether oxygens (including phenoxy) is 1. The molecule has 0 spiro atoms. The van der Waals surface area contributed by atoms with Gasteiger partial charge in [-0.1, -0.05) is 22.0 Å². The number of methoxy groups -OCH3 is 1. The van der Waals surface area contributed by atoms with E-state index >= 15 is 0 Å². The monoisotopic (exact) mass is 478 g/mol. The lowest BCUT2D eigenvalue weighted by atomic mass is 10.2. The Morgan fingerprint density at radius 3 is 2.41 bits per heavy atom. The number of nitrogens with one attached hydrogen (secondary N) is 2. The smallest absolute Gasteiger partial charge is 0.261 e. The lowest BCUT2D eigenvalue weighted by Crippen LogP contribution is -2.16. The highest BCUT2D eigenvalue weighted by molar-refractivity contribution is 9.10. The van der Waals surface area contributed by atoms with E-state index in [1.807, 2.05) is 0 Å². The van der Waals surface area contributed by atoms with Crippen molar-refractivity contribution >= 4 is 43.2 Å². The number of anilines is 2. The first-order valence-electron chi connectivity index (χ1n) is 8.32. The molecule has 9 heteroatoms. The number of halogens is 2. The van der Waals surface area contributed by atoms with E-state index in [2.05, 4.69) is 26.0 Å². The average Bonchev–Trinajstić information content (AvgIpc) is 2.69. The fourth-order valence-corrected chi connectivity index (χ4v) is 3.86. The van der Waals surface area contributed by atoms with E-state index in [0.29, 0.717) is 5.69 Å². The molecule has 0 atom stereocenters. The average molecular weight is 479 g/mol. The highest BCUT2D eigenvalue weighted by Crippen LogP contribution is 2.29. The molecule has 150 valence electrons. The Kier molecular flexibility index (Phi) is 6.19. The van der Waals surface area contributed by atoms with Crippen molar-refractivity contribution in [2.45, 2.75) is 4.90 Å². The van der Waals surface area contributed by atoms with Crippen molar-refractivity contribution < 1.29 is 22.3 Å². The predicted molar refractivity (Wildman–Crippen MR) is 112 cm³/mol. The van der Waals surface area contributed by atoms with Gasteiger partial charge in [0.25, 0.3) is 15.9 Å². The Morgan fingerprint density at radius 2 is 1.76 bits per heavy atom. The van der Waals surface area contributed by atoms with Gasteiger partial charge >= 0.3 is 0 Å². The van der Waals surface area contributed by atoms with Gasteiger partial charge in [-0.15, -0.1) is 0 Å². The van der Waals surface area contributed by atoms with Crippen molar-refractivity contribution in [1.82, 2.24) is 0 Å². The third-order valence-electron chi connectivity index (χ3n) is 3.91. The first kappa shape index (κ1) is 20.8. The van der Waals surface area contributed by atoms with Crippen molar-refractivity contribution in [2.75, 3.05) is 17.1 Å². The van der Waals surface area contributed by atoms with Crippen molar-refractivity contribution in [3.63, 3.8) is 0 Å². The molecule has 0 aliphatic rings. The molecule has 29 heavy (non-hydrogen) atoms. The highest BCUT2D eigenvalue weighted by Gasteiger charge is 2.18. The third-order valence-corrected chi connectivity index (χ3v) is 5.82. The molecule has 1 amide bonds. The minimum absolute atomic E-state index is 0.0734. The Morgan fingerprint density at radius 1 is 1.03 bits per heavy atom. The summed E-state index contributed by atoms with van der Waals surface area (Å²) < 4.78 is 47.3. The summed E-state index contributed by atoms with van der Waals surface area (Å²) >= 11 is 3.29. The van der Waals surface area contributed by atoms with Gasteiger partial charge in [-0.2, -0.15) is 0 Å². The van der Waals surface area contributed by atoms with E-state index in [4.69, 9.17) is 4.74 Å². The third kappa shape index (κ3) is 5.12. The lowest BCUT2D eigenvalue weighted by molar-refractivity contribution is 0.102. The SMILES string of the molecule is COc1ccc(S(=O)(=O)Nc2ccc(Br)cc2)cc1NC(=O)c1cccc(F)c1. The van der Waals surface area contributed by atoms with Crippen LogP contribution in [-0.2, 0) is 10.0 Å². The normalized spacial score (nSPS) is 11.0. The molecular weight excluding hydrogens is 463 g/mol. The fourth-order valence-electron chi connectivity index (χ4n) is 2.51. The van der Waals surface area contributed by atoms with E-state index in [0.717, 1.165) is 10.5 Å². The minimum Gasteiger partial charge on any atom is -0.495 e. The summed E-state index contributed by atoms with van der Waals surface area (Å²) in [6.45, 7) is 0. The van der Waals surface area contributed by atoms with E-state index in [-0.39, 0.29) is 21.9 Å². The first-order valence-corrected chi connectivity index (χ1v) is 10.6. The Balaban J connectivity index is 1.89. The quantitative estimate of drug-likeness (QED) is 0.539. The van der Waals surface area contributed by atoms with Crippen LogP contribution in [0.1, 0.15) is 10.4 Å². The summed E-state index contributed by atoms with van der Waals surface area (Å²) in [4.78, 5) is 12.3. The van der Waals surface area contributed by atoms with Crippen LogP contribution in [0.2, 0.25) is 0 Å². The number of hydrogen-bond donors (Lipinski definition) is 2. The largest absolute Gasteiger partial charge is 0.495 e. The van der Waals surface area contributed by atoms with Crippen molar-refractivity contribution in [2.24, 2.45) is 0 Å². The number of rotatable bonds is 6. The number of carbonyl (C=O) groups is 1. The van der Waals surface area contributed by atoms with Crippen LogP contribution in [0.4, 0.5) is 15.8 Å². The molecule has 6 nitrogen and oxygen atoms in total. The maximum absolute atomic E-state index is 13.4. The number of carbonyl (C=O) groups excluding carboxylic acids is 1. The standard InChI is InChI=1S/C20H16BrFN2O4S/c1-28-19-10-9-17(29(26,27)24-16-7-5-14(21)6-8-16)12-18(19)23-20(25)13-3-2-4-15(22)11-13/h2-12,24H,1H3,(H,23,25). The topological polar surface area (TPSA) is 84.5 Å². The van der Waals surface area contributed by atoms with Crippen LogP contribution in [-0.4, -0.2) is 21.4 Å². The minimum atomic E-state index is -3.91. The van der Waals surface area contributed by atoms with Crippen LogP contribution in [0, 0.1) is 5.82 Å². The number of sulfonamides is 1. The zero-order valence-corrected chi connectivity index (χ0v) is 17.6. The van der Waals surface area contributed by atoms with E-state index in [1.165, 1.54) is 43.5 Å². The van der Waals surface area contributed by atoms with Crippen LogP contribution in [0.5, 0.6) is 5.75 Å². The molecule has 0 saturated heterocycles. The molecule has 0 heterocycles. The van der Waals surface area contributed by atoms with Crippen LogP contribution < -0.4 is 14.8 Å². The van der Waals surface area contributed by atoms with Gasteiger partial charge in [-0.3, -0.25) is 9.52 Å². The van der Waals surface area contributed by atoms with Gasteiger partial charge in [-0.25, -0.2) is 12.8 Å². The zero-order valence-electron chi connectivity index (χ0n) is 15.1. The predicted octanol–water partition coefficient (Wildman–Crippen LogP) is 4.65. The lowest BCUT2D eigenvalue weighted by Gasteiger charge is -2.13. The zero-order chi connectivity index (χ0) is 21.0. The highest BCUT2D eigenvalue weighted by atomic mass is 79.9. The van der Waals surface area contributed by atoms with E-state index < -0.39 is 21.7 Å². The number of hydrogen-bond acceptors (Lipinski definition) is 4. The molecule has 0 radical (unpaired) electrons. The second-order valence-electron chi connectivity index (χ2n) is 5.94. The Labute approximate surface area is 175 Å². The molecule has 0 aliphatic carbocycles. The van der Waals surface area contributed by atoms with E-state index in [1.54, 1.807) is 24.3 Å². The van der Waals surface area contributed by atoms with Gasteiger partial charge in [-0.05, 0) is 60.7 Å². The Hall–Kier alpha value is -2.91. The van der Waals surface area contributed by atoms with Gasteiger partial charge < -0.3 is 10.1 Å². The van der Waals surface area contributed by atoms with E-state index in [9.17, 15) is 17.6 Å². The number of amides is 1. The second kappa shape index (κ2) is 8.62. The maximum atomic E-state index is 13.4. The maximum Gasteiger partial charge on any atom is 0.261 e. The summed E-state index contributed by atoms with van der Waals surface area (Å²) in [5, 5.41) is 2.56. The molecule has 0 aromatic heterocycles. The molecule has 0 saturated carbocycles.